The number of halogens is 2. The molecule has 0 spiro atoms. The second kappa shape index (κ2) is 10.1. The van der Waals surface area contributed by atoms with Gasteiger partial charge in [-0.25, -0.2) is 0 Å². The highest BCUT2D eigenvalue weighted by molar-refractivity contribution is 5.81. The molecule has 1 atom stereocenters. The predicted octanol–water partition coefficient (Wildman–Crippen LogP) is 3.35. The smallest absolute Gasteiger partial charge is 0.387 e. The van der Waals surface area contributed by atoms with E-state index < -0.39 is 12.7 Å². The first kappa shape index (κ1) is 20.2. The van der Waals surface area contributed by atoms with Crippen molar-refractivity contribution in [2.24, 2.45) is 5.16 Å². The van der Waals surface area contributed by atoms with Crippen molar-refractivity contribution >= 4 is 12.1 Å². The number of rotatable bonds is 9. The van der Waals surface area contributed by atoms with E-state index in [1.165, 1.54) is 30.5 Å². The number of hydrogen-bond acceptors (Lipinski definition) is 5. The molecule has 1 N–H and O–H groups in total. The van der Waals surface area contributed by atoms with Gasteiger partial charge in [0.15, 0.2) is 0 Å². The first-order chi connectivity index (χ1) is 13.0. The van der Waals surface area contributed by atoms with Crippen molar-refractivity contribution in [2.75, 3.05) is 7.11 Å². The zero-order valence-corrected chi connectivity index (χ0v) is 14.9. The zero-order valence-electron chi connectivity index (χ0n) is 14.9. The molecule has 0 aliphatic rings. The van der Waals surface area contributed by atoms with Gasteiger partial charge >= 0.3 is 6.61 Å². The number of carbonyl (C=O) groups is 1. The van der Waals surface area contributed by atoms with Gasteiger partial charge < -0.3 is 19.6 Å². The number of nitrogens with zero attached hydrogens (tertiary/aromatic N) is 1. The minimum atomic E-state index is -2.87. The van der Waals surface area contributed by atoms with Gasteiger partial charge in [0, 0.05) is 12.1 Å². The SMILES string of the molecule is COc1ccccc1CNC(=O)C(C)ON=Cc1ccc(OC(F)F)cc1. The molecule has 1 unspecified atom stereocenters. The Balaban J connectivity index is 1.81. The molecular weight excluding hydrogens is 358 g/mol. The Morgan fingerprint density at radius 1 is 1.19 bits per heavy atom. The maximum Gasteiger partial charge on any atom is 0.387 e. The van der Waals surface area contributed by atoms with Crippen LogP contribution in [0, 0.1) is 0 Å². The van der Waals surface area contributed by atoms with Gasteiger partial charge in [-0.15, -0.1) is 0 Å². The lowest BCUT2D eigenvalue weighted by Crippen LogP contribution is -2.33. The average Bonchev–Trinajstić information content (AvgIpc) is 2.67. The van der Waals surface area contributed by atoms with E-state index in [9.17, 15) is 13.6 Å². The maximum atomic E-state index is 12.1. The van der Waals surface area contributed by atoms with Crippen LogP contribution in [0.25, 0.3) is 0 Å². The number of ether oxygens (including phenoxy) is 2. The summed E-state index contributed by atoms with van der Waals surface area (Å²) in [7, 11) is 1.56. The van der Waals surface area contributed by atoms with E-state index in [-0.39, 0.29) is 11.7 Å². The number of alkyl halides is 2. The third-order valence-corrected chi connectivity index (χ3v) is 3.54. The van der Waals surface area contributed by atoms with Gasteiger partial charge in [0.05, 0.1) is 13.3 Å². The van der Waals surface area contributed by atoms with Crippen LogP contribution in [0.1, 0.15) is 18.1 Å². The molecule has 2 aromatic carbocycles. The summed E-state index contributed by atoms with van der Waals surface area (Å²) in [4.78, 5) is 17.2. The second-order valence-corrected chi connectivity index (χ2v) is 5.46. The van der Waals surface area contributed by atoms with Crippen molar-refractivity contribution < 1.29 is 27.9 Å². The lowest BCUT2D eigenvalue weighted by molar-refractivity contribution is -0.131. The quantitative estimate of drug-likeness (QED) is 0.537. The Labute approximate surface area is 155 Å². The largest absolute Gasteiger partial charge is 0.496 e. The Morgan fingerprint density at radius 2 is 1.89 bits per heavy atom. The fourth-order valence-electron chi connectivity index (χ4n) is 2.14. The van der Waals surface area contributed by atoms with Crippen LogP contribution in [-0.4, -0.2) is 31.9 Å². The van der Waals surface area contributed by atoms with Crippen LogP contribution in [0.15, 0.2) is 53.7 Å². The molecule has 27 heavy (non-hydrogen) atoms. The lowest BCUT2D eigenvalue weighted by Gasteiger charge is -2.12. The molecule has 8 heteroatoms. The summed E-state index contributed by atoms with van der Waals surface area (Å²) in [6.45, 7) is -1.01. The summed E-state index contributed by atoms with van der Waals surface area (Å²) in [5, 5.41) is 6.48. The molecule has 0 fully saturated rings. The van der Waals surface area contributed by atoms with Gasteiger partial charge in [0.2, 0.25) is 6.10 Å². The molecule has 2 rings (SSSR count). The third kappa shape index (κ3) is 6.58. The molecule has 0 aromatic heterocycles. The topological polar surface area (TPSA) is 69.2 Å². The van der Waals surface area contributed by atoms with Crippen LogP contribution in [-0.2, 0) is 16.2 Å². The summed E-state index contributed by atoms with van der Waals surface area (Å²) in [6, 6.07) is 13.2. The normalized spacial score (nSPS) is 12.0. The number of hydrogen-bond donors (Lipinski definition) is 1. The highest BCUT2D eigenvalue weighted by atomic mass is 19.3. The Bertz CT molecular complexity index is 767. The molecule has 0 saturated heterocycles. The number of methoxy groups -OCH3 is 1. The highest BCUT2D eigenvalue weighted by Crippen LogP contribution is 2.17. The zero-order chi connectivity index (χ0) is 19.6. The lowest BCUT2D eigenvalue weighted by atomic mass is 10.2. The van der Waals surface area contributed by atoms with E-state index in [0.717, 1.165) is 5.56 Å². The molecule has 144 valence electrons. The van der Waals surface area contributed by atoms with Gasteiger partial charge in [-0.3, -0.25) is 4.79 Å². The Kier molecular flexibility index (Phi) is 7.54. The van der Waals surface area contributed by atoms with Gasteiger partial charge in [-0.2, -0.15) is 8.78 Å². The van der Waals surface area contributed by atoms with Gasteiger partial charge in [-0.05, 0) is 42.8 Å². The molecule has 0 bridgehead atoms. The fraction of sp³-hybridized carbons (Fsp3) is 0.263. The van der Waals surface area contributed by atoms with Crippen molar-refractivity contribution in [1.29, 1.82) is 0 Å². The standard InChI is InChI=1S/C19H20F2N2O4/c1-13(18(24)22-12-15-5-3-4-6-17(15)25-2)27-23-11-14-7-9-16(10-8-14)26-19(20)21/h3-11,13,19H,12H2,1-2H3,(H,22,24). The summed E-state index contributed by atoms with van der Waals surface area (Å²) < 4.78 is 33.7. The van der Waals surface area contributed by atoms with Crippen LogP contribution in [0.4, 0.5) is 8.78 Å². The number of carbonyl (C=O) groups excluding carboxylic acids is 1. The van der Waals surface area contributed by atoms with E-state index in [2.05, 4.69) is 15.2 Å². The second-order valence-electron chi connectivity index (χ2n) is 5.46. The minimum Gasteiger partial charge on any atom is -0.496 e. The monoisotopic (exact) mass is 378 g/mol. The van der Waals surface area contributed by atoms with Crippen LogP contribution in [0.3, 0.4) is 0 Å². The summed E-state index contributed by atoms with van der Waals surface area (Å²) in [5.74, 6) is 0.398. The predicted molar refractivity (Wildman–Crippen MR) is 96.1 cm³/mol. The van der Waals surface area contributed by atoms with Gasteiger partial charge in [-0.1, -0.05) is 23.4 Å². The molecule has 0 heterocycles. The Morgan fingerprint density at radius 3 is 2.56 bits per heavy atom. The summed E-state index contributed by atoms with van der Waals surface area (Å²) >= 11 is 0. The number of para-hydroxylation sites is 1. The maximum absolute atomic E-state index is 12.1. The molecule has 0 saturated carbocycles. The Hall–Kier alpha value is -3.16. The molecule has 0 radical (unpaired) electrons. The minimum absolute atomic E-state index is 0.0483. The van der Waals surface area contributed by atoms with E-state index >= 15 is 0 Å². The first-order valence-electron chi connectivity index (χ1n) is 8.13. The van der Waals surface area contributed by atoms with E-state index in [1.54, 1.807) is 14.0 Å². The van der Waals surface area contributed by atoms with Crippen LogP contribution in [0.5, 0.6) is 11.5 Å². The third-order valence-electron chi connectivity index (χ3n) is 3.54. The number of benzene rings is 2. The molecule has 0 aliphatic heterocycles. The average molecular weight is 378 g/mol. The fourth-order valence-corrected chi connectivity index (χ4v) is 2.14. The highest BCUT2D eigenvalue weighted by Gasteiger charge is 2.14. The number of nitrogens with one attached hydrogen (secondary N) is 1. The van der Waals surface area contributed by atoms with Gasteiger partial charge in [0.1, 0.15) is 11.5 Å². The van der Waals surface area contributed by atoms with E-state index in [0.29, 0.717) is 17.9 Å². The van der Waals surface area contributed by atoms with Crippen LogP contribution < -0.4 is 14.8 Å². The van der Waals surface area contributed by atoms with Crippen LogP contribution in [0.2, 0.25) is 0 Å². The molecule has 1 amide bonds. The van der Waals surface area contributed by atoms with Crippen molar-refractivity contribution in [3.63, 3.8) is 0 Å². The molecule has 2 aromatic rings. The van der Waals surface area contributed by atoms with Crippen molar-refractivity contribution in [3.8, 4) is 11.5 Å². The van der Waals surface area contributed by atoms with Crippen molar-refractivity contribution in [3.05, 3.63) is 59.7 Å². The van der Waals surface area contributed by atoms with E-state index in [4.69, 9.17) is 9.57 Å². The molecule has 0 aliphatic carbocycles. The summed E-state index contributed by atoms with van der Waals surface area (Å²) in [5.41, 5.74) is 1.45. The van der Waals surface area contributed by atoms with Crippen molar-refractivity contribution in [2.45, 2.75) is 26.2 Å². The first-order valence-corrected chi connectivity index (χ1v) is 8.13. The van der Waals surface area contributed by atoms with E-state index in [1.807, 2.05) is 24.3 Å². The number of amides is 1. The molecular formula is C19H20F2N2O4. The van der Waals surface area contributed by atoms with Crippen LogP contribution >= 0.6 is 0 Å². The molecule has 6 nitrogen and oxygen atoms in total. The number of oxime groups is 1. The summed E-state index contributed by atoms with van der Waals surface area (Å²) in [6.07, 6.45) is 0.563. The van der Waals surface area contributed by atoms with Crippen molar-refractivity contribution in [1.82, 2.24) is 5.32 Å². The van der Waals surface area contributed by atoms with Gasteiger partial charge in [0.25, 0.3) is 5.91 Å².